The molecule has 0 bridgehead atoms. The minimum absolute atomic E-state index is 0.0585. The second-order valence-corrected chi connectivity index (χ2v) is 5.66. The molecule has 1 atom stereocenters. The van der Waals surface area contributed by atoms with Gasteiger partial charge >= 0.3 is 0 Å². The molecule has 1 N–H and O–H groups in total. The minimum Gasteiger partial charge on any atom is -0.376 e. The summed E-state index contributed by atoms with van der Waals surface area (Å²) in [6.45, 7) is 3.42. The first-order valence-electron chi connectivity index (χ1n) is 7.62. The number of para-hydroxylation sites is 1. The lowest BCUT2D eigenvalue weighted by molar-refractivity contribution is -0.122. The SMILES string of the molecule is Cc1c(C=O)c2ccccc2n1CC(=O)NC[C@@H]1CCCO1. The van der Waals surface area contributed by atoms with Crippen LogP contribution in [-0.4, -0.2) is 36.0 Å². The lowest BCUT2D eigenvalue weighted by Gasteiger charge is -2.12. The number of hydrogen-bond acceptors (Lipinski definition) is 3. The Labute approximate surface area is 129 Å². The van der Waals surface area contributed by atoms with Gasteiger partial charge in [0.1, 0.15) is 6.54 Å². The molecule has 3 rings (SSSR count). The number of nitrogens with one attached hydrogen (secondary N) is 1. The third-order valence-electron chi connectivity index (χ3n) is 4.25. The zero-order chi connectivity index (χ0) is 15.5. The Morgan fingerprint density at radius 1 is 1.45 bits per heavy atom. The van der Waals surface area contributed by atoms with E-state index in [1.54, 1.807) is 0 Å². The number of carbonyl (C=O) groups is 2. The van der Waals surface area contributed by atoms with Crippen molar-refractivity contribution in [3.05, 3.63) is 35.5 Å². The van der Waals surface area contributed by atoms with E-state index in [2.05, 4.69) is 5.32 Å². The van der Waals surface area contributed by atoms with E-state index in [0.717, 1.165) is 42.3 Å². The Morgan fingerprint density at radius 3 is 3.00 bits per heavy atom. The number of amides is 1. The van der Waals surface area contributed by atoms with Crippen LogP contribution in [0.5, 0.6) is 0 Å². The van der Waals surface area contributed by atoms with Gasteiger partial charge in [0.2, 0.25) is 5.91 Å². The molecule has 22 heavy (non-hydrogen) atoms. The summed E-state index contributed by atoms with van der Waals surface area (Å²) in [4.78, 5) is 23.5. The number of aldehydes is 1. The van der Waals surface area contributed by atoms with E-state index in [1.807, 2.05) is 35.8 Å². The van der Waals surface area contributed by atoms with Crippen LogP contribution in [0.4, 0.5) is 0 Å². The lowest BCUT2D eigenvalue weighted by Crippen LogP contribution is -2.34. The van der Waals surface area contributed by atoms with Crippen molar-refractivity contribution in [2.75, 3.05) is 13.2 Å². The van der Waals surface area contributed by atoms with Gasteiger partial charge in [-0.3, -0.25) is 9.59 Å². The van der Waals surface area contributed by atoms with Gasteiger partial charge < -0.3 is 14.6 Å². The first-order chi connectivity index (χ1) is 10.7. The average Bonchev–Trinajstić information content (AvgIpc) is 3.13. The molecule has 1 aliphatic rings. The van der Waals surface area contributed by atoms with Crippen molar-refractivity contribution in [3.63, 3.8) is 0 Å². The van der Waals surface area contributed by atoms with Gasteiger partial charge in [-0.15, -0.1) is 0 Å². The van der Waals surface area contributed by atoms with Crippen LogP contribution in [0.15, 0.2) is 24.3 Å². The van der Waals surface area contributed by atoms with E-state index in [-0.39, 0.29) is 18.6 Å². The number of hydrogen-bond donors (Lipinski definition) is 1. The van der Waals surface area contributed by atoms with Gasteiger partial charge in [0.25, 0.3) is 0 Å². The fraction of sp³-hybridized carbons (Fsp3) is 0.412. The number of rotatable bonds is 5. The summed E-state index contributed by atoms with van der Waals surface area (Å²) < 4.78 is 7.39. The fourth-order valence-corrected chi connectivity index (χ4v) is 3.04. The first kappa shape index (κ1) is 14.8. The molecule has 0 spiro atoms. The topological polar surface area (TPSA) is 60.3 Å². The highest BCUT2D eigenvalue weighted by molar-refractivity contribution is 5.99. The van der Waals surface area contributed by atoms with E-state index >= 15 is 0 Å². The second kappa shape index (κ2) is 6.32. The number of fused-ring (bicyclic) bond motifs is 1. The van der Waals surface area contributed by atoms with Crippen molar-refractivity contribution >= 4 is 23.1 Å². The summed E-state index contributed by atoms with van der Waals surface area (Å²) in [5.74, 6) is -0.0585. The standard InChI is InChI=1S/C17H20N2O3/c1-12-15(11-20)14-6-2-3-7-16(14)19(12)10-17(21)18-9-13-5-4-8-22-13/h2-3,6-7,11,13H,4-5,8-10H2,1H3,(H,18,21)/t13-/m0/s1. The molecule has 2 aromatic rings. The van der Waals surface area contributed by atoms with E-state index < -0.39 is 0 Å². The molecule has 5 heteroatoms. The number of benzene rings is 1. The largest absolute Gasteiger partial charge is 0.376 e. The molecule has 1 amide bonds. The van der Waals surface area contributed by atoms with Gasteiger partial charge in [-0.05, 0) is 25.8 Å². The predicted molar refractivity (Wildman–Crippen MR) is 84.0 cm³/mol. The van der Waals surface area contributed by atoms with Crippen molar-refractivity contribution in [1.29, 1.82) is 0 Å². The first-order valence-corrected chi connectivity index (χ1v) is 7.62. The molecular formula is C17H20N2O3. The highest BCUT2D eigenvalue weighted by atomic mass is 16.5. The maximum Gasteiger partial charge on any atom is 0.240 e. The summed E-state index contributed by atoms with van der Waals surface area (Å²) in [6, 6.07) is 7.66. The molecule has 0 unspecified atom stereocenters. The Hall–Kier alpha value is -2.14. The Kier molecular flexibility index (Phi) is 4.24. The van der Waals surface area contributed by atoms with Crippen LogP contribution in [0.25, 0.3) is 10.9 Å². The van der Waals surface area contributed by atoms with Crippen molar-refractivity contribution in [3.8, 4) is 0 Å². The summed E-state index contributed by atoms with van der Waals surface area (Å²) >= 11 is 0. The third kappa shape index (κ3) is 2.76. The fourth-order valence-electron chi connectivity index (χ4n) is 3.04. The van der Waals surface area contributed by atoms with Gasteiger partial charge in [0.15, 0.2) is 6.29 Å². The highest BCUT2D eigenvalue weighted by Gasteiger charge is 2.18. The summed E-state index contributed by atoms with van der Waals surface area (Å²) in [6.07, 6.45) is 3.06. The van der Waals surface area contributed by atoms with Crippen molar-refractivity contribution in [1.82, 2.24) is 9.88 Å². The molecule has 5 nitrogen and oxygen atoms in total. The maximum absolute atomic E-state index is 12.2. The number of nitrogens with zero attached hydrogens (tertiary/aromatic N) is 1. The zero-order valence-corrected chi connectivity index (χ0v) is 12.7. The van der Waals surface area contributed by atoms with E-state index in [4.69, 9.17) is 4.74 Å². The normalized spacial score (nSPS) is 17.8. The monoisotopic (exact) mass is 300 g/mol. The van der Waals surface area contributed by atoms with Crippen LogP contribution in [0.1, 0.15) is 28.9 Å². The van der Waals surface area contributed by atoms with E-state index in [0.29, 0.717) is 12.1 Å². The molecule has 1 aromatic carbocycles. The molecule has 0 radical (unpaired) electrons. The van der Waals surface area contributed by atoms with Gasteiger partial charge in [-0.25, -0.2) is 0 Å². The number of ether oxygens (including phenoxy) is 1. The Bertz CT molecular complexity index is 699. The van der Waals surface area contributed by atoms with Crippen molar-refractivity contribution < 1.29 is 14.3 Å². The third-order valence-corrected chi connectivity index (χ3v) is 4.25. The van der Waals surface area contributed by atoms with Gasteiger partial charge in [-0.1, -0.05) is 18.2 Å². The summed E-state index contributed by atoms with van der Waals surface area (Å²) in [5.41, 5.74) is 2.39. The minimum atomic E-state index is -0.0585. The van der Waals surface area contributed by atoms with E-state index in [9.17, 15) is 9.59 Å². The Balaban J connectivity index is 1.76. The molecule has 0 aliphatic carbocycles. The maximum atomic E-state index is 12.2. The molecule has 0 saturated carbocycles. The zero-order valence-electron chi connectivity index (χ0n) is 12.7. The van der Waals surface area contributed by atoms with Gasteiger partial charge in [-0.2, -0.15) is 0 Å². The number of carbonyl (C=O) groups excluding carboxylic acids is 2. The van der Waals surface area contributed by atoms with Gasteiger partial charge in [0, 0.05) is 35.3 Å². The molecule has 1 saturated heterocycles. The molecule has 2 heterocycles. The molecule has 116 valence electrons. The molecular weight excluding hydrogens is 280 g/mol. The van der Waals surface area contributed by atoms with Gasteiger partial charge in [0.05, 0.1) is 6.10 Å². The lowest BCUT2D eigenvalue weighted by atomic mass is 10.1. The van der Waals surface area contributed by atoms with E-state index in [1.165, 1.54) is 0 Å². The van der Waals surface area contributed by atoms with Crippen molar-refractivity contribution in [2.24, 2.45) is 0 Å². The van der Waals surface area contributed by atoms with Crippen LogP contribution < -0.4 is 5.32 Å². The van der Waals surface area contributed by atoms with Crippen LogP contribution in [0.3, 0.4) is 0 Å². The summed E-state index contributed by atoms with van der Waals surface area (Å²) in [5, 5.41) is 3.81. The molecule has 1 aromatic heterocycles. The highest BCUT2D eigenvalue weighted by Crippen LogP contribution is 2.24. The van der Waals surface area contributed by atoms with Crippen molar-refractivity contribution in [2.45, 2.75) is 32.4 Å². The average molecular weight is 300 g/mol. The van der Waals surface area contributed by atoms with Crippen LogP contribution in [0, 0.1) is 6.92 Å². The predicted octanol–water partition coefficient (Wildman–Crippen LogP) is 2.06. The number of aromatic nitrogens is 1. The molecule has 1 aliphatic heterocycles. The van der Waals surface area contributed by atoms with Crippen LogP contribution in [0.2, 0.25) is 0 Å². The quantitative estimate of drug-likeness (QED) is 0.860. The Morgan fingerprint density at radius 2 is 2.27 bits per heavy atom. The second-order valence-electron chi connectivity index (χ2n) is 5.66. The van der Waals surface area contributed by atoms with Crippen LogP contribution in [-0.2, 0) is 16.1 Å². The smallest absolute Gasteiger partial charge is 0.240 e. The van der Waals surface area contributed by atoms with Crippen LogP contribution >= 0.6 is 0 Å². The summed E-state index contributed by atoms with van der Waals surface area (Å²) in [7, 11) is 0. The molecule has 1 fully saturated rings.